The third kappa shape index (κ3) is 5.49. The number of thiazole rings is 1. The molecular weight excluding hydrogens is 466 g/mol. The van der Waals surface area contributed by atoms with E-state index in [0.29, 0.717) is 5.01 Å². The van der Waals surface area contributed by atoms with Gasteiger partial charge in [-0.3, -0.25) is 9.59 Å². The summed E-state index contributed by atoms with van der Waals surface area (Å²) in [6.45, 7) is 8.18. The average molecular weight is 493 g/mol. The molecule has 0 amide bonds. The van der Waals surface area contributed by atoms with Crippen LogP contribution in [0.5, 0.6) is 0 Å². The number of esters is 2. The second-order valence-corrected chi connectivity index (χ2v) is 9.85. The van der Waals surface area contributed by atoms with Gasteiger partial charge in [-0.25, -0.2) is 18.6 Å². The molecule has 0 saturated carbocycles. The van der Waals surface area contributed by atoms with Crippen molar-refractivity contribution in [2.24, 2.45) is 0 Å². The summed E-state index contributed by atoms with van der Waals surface area (Å²) in [5, 5.41) is 0.563. The number of nitrogens with zero attached hydrogens (tertiary/aromatic N) is 2. The number of ether oxygens (including phenoxy) is 2. The Morgan fingerprint density at radius 2 is 1.88 bits per heavy atom. The maximum Gasteiger partial charge on any atom is 0.344 e. The van der Waals surface area contributed by atoms with Crippen LogP contribution < -0.4 is 5.43 Å². The Bertz CT molecular complexity index is 1310. The predicted molar refractivity (Wildman–Crippen MR) is 124 cm³/mol. The lowest BCUT2D eigenvalue weighted by molar-refractivity contribution is -0.143. The normalized spacial score (nSPS) is 11.6. The van der Waals surface area contributed by atoms with Crippen molar-refractivity contribution in [2.45, 2.75) is 59.6 Å². The fourth-order valence-corrected chi connectivity index (χ4v) is 4.42. The number of fused-ring (bicyclic) bond motifs is 1. The number of pyridine rings is 1. The summed E-state index contributed by atoms with van der Waals surface area (Å²) < 4.78 is 40.2. The van der Waals surface area contributed by atoms with E-state index in [1.807, 2.05) is 0 Å². The Labute approximate surface area is 199 Å². The van der Waals surface area contributed by atoms with Crippen molar-refractivity contribution in [1.82, 2.24) is 9.55 Å². The number of rotatable bonds is 7. The Morgan fingerprint density at radius 1 is 1.18 bits per heavy atom. The van der Waals surface area contributed by atoms with Crippen molar-refractivity contribution in [3.05, 3.63) is 61.9 Å². The van der Waals surface area contributed by atoms with Crippen LogP contribution >= 0.6 is 11.3 Å². The second-order valence-electron chi connectivity index (χ2n) is 8.64. The molecule has 3 aromatic rings. The molecule has 182 valence electrons. The van der Waals surface area contributed by atoms with Crippen LogP contribution in [0.25, 0.3) is 10.3 Å². The molecular formula is C24H26F2N2O5S. The van der Waals surface area contributed by atoms with E-state index in [1.165, 1.54) is 16.7 Å². The van der Waals surface area contributed by atoms with Crippen molar-refractivity contribution in [3.63, 3.8) is 0 Å². The average Bonchev–Trinajstić information content (AvgIpc) is 3.12. The minimum Gasteiger partial charge on any atom is -0.465 e. The molecule has 0 aliphatic carbocycles. The summed E-state index contributed by atoms with van der Waals surface area (Å²) in [6, 6.07) is 3.80. The van der Waals surface area contributed by atoms with Crippen molar-refractivity contribution in [2.75, 3.05) is 6.61 Å². The van der Waals surface area contributed by atoms with E-state index in [4.69, 9.17) is 9.47 Å². The number of carbonyl (C=O) groups is 2. The highest BCUT2D eigenvalue weighted by Crippen LogP contribution is 2.25. The highest BCUT2D eigenvalue weighted by atomic mass is 32.1. The van der Waals surface area contributed by atoms with E-state index in [9.17, 15) is 23.2 Å². The molecule has 0 spiro atoms. The van der Waals surface area contributed by atoms with Gasteiger partial charge in [0, 0.05) is 5.69 Å². The van der Waals surface area contributed by atoms with Crippen molar-refractivity contribution in [3.8, 4) is 0 Å². The van der Waals surface area contributed by atoms with Gasteiger partial charge in [0.15, 0.2) is 17.3 Å². The zero-order valence-corrected chi connectivity index (χ0v) is 20.5. The molecule has 0 aliphatic rings. The predicted octanol–water partition coefficient (Wildman–Crippen LogP) is 4.35. The molecule has 0 radical (unpaired) electrons. The monoisotopic (exact) mass is 492 g/mol. The van der Waals surface area contributed by atoms with E-state index in [1.54, 1.807) is 34.6 Å². The number of aryl methyl sites for hydroxylation is 2. The third-order valence-electron chi connectivity index (χ3n) is 4.88. The molecule has 34 heavy (non-hydrogen) atoms. The van der Waals surface area contributed by atoms with Gasteiger partial charge in [-0.15, -0.1) is 11.3 Å². The highest BCUT2D eigenvalue weighted by Gasteiger charge is 2.29. The first-order valence-corrected chi connectivity index (χ1v) is 11.6. The first-order valence-electron chi connectivity index (χ1n) is 10.8. The van der Waals surface area contributed by atoms with Gasteiger partial charge in [0.25, 0.3) is 0 Å². The van der Waals surface area contributed by atoms with E-state index >= 15 is 0 Å². The van der Waals surface area contributed by atoms with Crippen molar-refractivity contribution >= 4 is 33.6 Å². The lowest BCUT2D eigenvalue weighted by Crippen LogP contribution is -2.31. The van der Waals surface area contributed by atoms with E-state index in [0.717, 1.165) is 17.4 Å². The number of hydrogen-bond acceptors (Lipinski definition) is 7. The summed E-state index contributed by atoms with van der Waals surface area (Å²) in [7, 11) is 0. The highest BCUT2D eigenvalue weighted by molar-refractivity contribution is 7.18. The summed E-state index contributed by atoms with van der Waals surface area (Å²) in [4.78, 5) is 43.3. The largest absolute Gasteiger partial charge is 0.465 e. The molecule has 0 bridgehead atoms. The maximum absolute atomic E-state index is 14.3. The Morgan fingerprint density at radius 3 is 2.53 bits per heavy atom. The SMILES string of the molecule is CCOC(=O)Cn1c(CCc2cccc(F)c2F)c(C(=O)OC(C)(C)C)c(=O)c2sc(C)nc21. The van der Waals surface area contributed by atoms with Gasteiger partial charge < -0.3 is 14.0 Å². The first kappa shape index (κ1) is 25.5. The first-order chi connectivity index (χ1) is 15.9. The molecule has 0 fully saturated rings. The zero-order chi connectivity index (χ0) is 25.2. The molecule has 2 heterocycles. The smallest absolute Gasteiger partial charge is 0.344 e. The number of benzene rings is 1. The molecule has 0 unspecified atom stereocenters. The van der Waals surface area contributed by atoms with E-state index in [2.05, 4.69) is 4.98 Å². The quantitative estimate of drug-likeness (QED) is 0.456. The van der Waals surface area contributed by atoms with Crippen LogP contribution in [-0.4, -0.2) is 33.7 Å². The molecule has 0 atom stereocenters. The van der Waals surface area contributed by atoms with Gasteiger partial charge in [-0.2, -0.15) is 0 Å². The van der Waals surface area contributed by atoms with E-state index < -0.39 is 34.6 Å². The molecule has 0 saturated heterocycles. The topological polar surface area (TPSA) is 87.5 Å². The van der Waals surface area contributed by atoms with E-state index in [-0.39, 0.29) is 53.2 Å². The summed E-state index contributed by atoms with van der Waals surface area (Å²) >= 11 is 1.10. The fraction of sp³-hybridized carbons (Fsp3) is 0.417. The summed E-state index contributed by atoms with van der Waals surface area (Å²) in [5.41, 5.74) is -1.28. The van der Waals surface area contributed by atoms with Crippen LogP contribution in [0, 0.1) is 18.6 Å². The van der Waals surface area contributed by atoms with Gasteiger partial charge in [-0.1, -0.05) is 12.1 Å². The Kier molecular flexibility index (Phi) is 7.50. The lowest BCUT2D eigenvalue weighted by atomic mass is 10.0. The number of carbonyl (C=O) groups excluding carboxylic acids is 2. The number of hydrogen-bond donors (Lipinski definition) is 0. The summed E-state index contributed by atoms with van der Waals surface area (Å²) in [5.74, 6) is -3.46. The van der Waals surface area contributed by atoms with Crippen LogP contribution in [0.2, 0.25) is 0 Å². The standard InChI is InChI=1S/C24H26F2N2O5S/c1-6-32-17(29)12-28-16(11-10-14-8-7-9-15(25)19(14)26)18(23(31)33-24(3,4)5)20(30)21-22(28)27-13(2)34-21/h7-9H,6,10-12H2,1-5H3. The molecule has 2 aromatic heterocycles. The van der Waals surface area contributed by atoms with Crippen LogP contribution in [0.4, 0.5) is 8.78 Å². The second kappa shape index (κ2) is 10.0. The fourth-order valence-electron chi connectivity index (χ4n) is 3.55. The minimum atomic E-state index is -1.01. The van der Waals surface area contributed by atoms with Gasteiger partial charge in [0.1, 0.15) is 22.4 Å². The minimum absolute atomic E-state index is 0.0315. The van der Waals surface area contributed by atoms with Gasteiger partial charge >= 0.3 is 11.9 Å². The van der Waals surface area contributed by atoms with Crippen LogP contribution in [0.1, 0.15) is 54.3 Å². The van der Waals surface area contributed by atoms with Crippen LogP contribution in [0.3, 0.4) is 0 Å². The molecule has 10 heteroatoms. The lowest BCUT2D eigenvalue weighted by Gasteiger charge is -2.22. The number of halogens is 2. The van der Waals surface area contributed by atoms with Gasteiger partial charge in [0.2, 0.25) is 5.43 Å². The van der Waals surface area contributed by atoms with Gasteiger partial charge in [0.05, 0.1) is 11.6 Å². The molecule has 7 nitrogen and oxygen atoms in total. The summed E-state index contributed by atoms with van der Waals surface area (Å²) in [6.07, 6.45) is -0.0770. The zero-order valence-electron chi connectivity index (χ0n) is 19.7. The maximum atomic E-state index is 14.3. The number of aromatic nitrogens is 2. The van der Waals surface area contributed by atoms with Gasteiger partial charge in [-0.05, 0) is 59.1 Å². The molecule has 0 aliphatic heterocycles. The van der Waals surface area contributed by atoms with Crippen LogP contribution in [-0.2, 0) is 33.7 Å². The molecule has 0 N–H and O–H groups in total. The molecule has 3 rings (SSSR count). The van der Waals surface area contributed by atoms with Crippen LogP contribution in [0.15, 0.2) is 23.0 Å². The third-order valence-corrected chi connectivity index (χ3v) is 5.84. The Balaban J connectivity index is 2.24. The Hall–Kier alpha value is -3.14. The molecule has 1 aromatic carbocycles. The van der Waals surface area contributed by atoms with Crippen molar-refractivity contribution < 1.29 is 27.8 Å². The van der Waals surface area contributed by atoms with Crippen molar-refractivity contribution in [1.29, 1.82) is 0 Å².